The van der Waals surface area contributed by atoms with Gasteiger partial charge in [0.25, 0.3) is 5.16 Å². The van der Waals surface area contributed by atoms with Crippen molar-refractivity contribution < 1.29 is 13.3 Å². The van der Waals surface area contributed by atoms with Gasteiger partial charge < -0.3 is 0 Å². The molecule has 1 aromatic heterocycles. The Hall–Kier alpha value is -2.36. The molecule has 2 atom stereocenters. The summed E-state index contributed by atoms with van der Waals surface area (Å²) in [4.78, 5) is 10.6. The van der Waals surface area contributed by atoms with E-state index in [1.54, 1.807) is 44.2 Å². The summed E-state index contributed by atoms with van der Waals surface area (Å²) in [6.45, 7) is 3.20. The zero-order chi connectivity index (χ0) is 17.0. The Labute approximate surface area is 133 Å². The average Bonchev–Trinajstić information content (AvgIpc) is 2.98. The lowest BCUT2D eigenvalue weighted by Crippen LogP contribution is -2.32. The highest BCUT2D eigenvalue weighted by Gasteiger charge is 2.33. The number of nitrogens with zero attached hydrogens (tertiary/aromatic N) is 5. The molecule has 10 heteroatoms. The Morgan fingerprint density at radius 2 is 1.96 bits per heavy atom. The summed E-state index contributed by atoms with van der Waals surface area (Å²) >= 11 is 0. The molecule has 0 saturated heterocycles. The van der Waals surface area contributed by atoms with Crippen molar-refractivity contribution in [2.45, 2.75) is 31.5 Å². The third-order valence-electron chi connectivity index (χ3n) is 3.55. The quantitative estimate of drug-likeness (QED) is 0.547. The van der Waals surface area contributed by atoms with E-state index in [2.05, 4.69) is 15.5 Å². The number of hydrogen-bond donors (Lipinski definition) is 0. The molecule has 0 spiro atoms. The summed E-state index contributed by atoms with van der Waals surface area (Å²) in [5.41, 5.74) is 0.505. The Kier molecular flexibility index (Phi) is 5.04. The maximum absolute atomic E-state index is 12.6. The van der Waals surface area contributed by atoms with Crippen LogP contribution < -0.4 is 0 Å². The van der Waals surface area contributed by atoms with Gasteiger partial charge in [-0.2, -0.15) is 4.68 Å². The minimum Gasteiger partial charge on any atom is -0.264 e. The summed E-state index contributed by atoms with van der Waals surface area (Å²) in [6, 6.07) is 7.67. The van der Waals surface area contributed by atoms with Crippen LogP contribution in [0.2, 0.25) is 0 Å². The molecule has 0 unspecified atom stereocenters. The van der Waals surface area contributed by atoms with E-state index in [1.807, 2.05) is 0 Å². The van der Waals surface area contributed by atoms with Crippen LogP contribution in [0, 0.1) is 16.0 Å². The molecule has 2 rings (SSSR count). The molecule has 124 valence electrons. The van der Waals surface area contributed by atoms with Crippen LogP contribution in [0.15, 0.2) is 35.5 Å². The second-order valence-electron chi connectivity index (χ2n) is 5.23. The van der Waals surface area contributed by atoms with E-state index in [-0.39, 0.29) is 17.3 Å². The van der Waals surface area contributed by atoms with Crippen molar-refractivity contribution in [2.75, 3.05) is 5.75 Å². The predicted octanol–water partition coefficient (Wildman–Crippen LogP) is 1.13. The lowest BCUT2D eigenvalue weighted by Gasteiger charge is -2.15. The van der Waals surface area contributed by atoms with E-state index in [4.69, 9.17) is 0 Å². The third-order valence-corrected chi connectivity index (χ3v) is 5.32. The van der Waals surface area contributed by atoms with Gasteiger partial charge in [-0.25, -0.2) is 8.42 Å². The first-order chi connectivity index (χ1) is 10.9. The summed E-state index contributed by atoms with van der Waals surface area (Å²) in [6.07, 6.45) is 0.257. The summed E-state index contributed by atoms with van der Waals surface area (Å²) in [5.74, 6) is -1.04. The minimum absolute atomic E-state index is 0.257. The number of rotatable bonds is 7. The fraction of sp³-hybridized carbons (Fsp3) is 0.462. The van der Waals surface area contributed by atoms with Gasteiger partial charge in [0.15, 0.2) is 0 Å². The lowest BCUT2D eigenvalue weighted by atomic mass is 10.0. The largest absolute Gasteiger partial charge is 0.272 e. The molecule has 0 fully saturated rings. The van der Waals surface area contributed by atoms with E-state index >= 15 is 0 Å². The molecule has 0 aliphatic heterocycles. The van der Waals surface area contributed by atoms with Crippen LogP contribution in [0.3, 0.4) is 0 Å². The Morgan fingerprint density at radius 1 is 1.30 bits per heavy atom. The van der Waals surface area contributed by atoms with Gasteiger partial charge in [-0.1, -0.05) is 37.1 Å². The standard InChI is InChI=1S/C13H17N5O4S/c1-3-12(18(19)20)10(2)9-23(21,22)13-14-15-16-17(13)11-7-5-4-6-8-11/h4-8,10,12H,3,9H2,1-2H3/t10-,12+/m0/s1. The SMILES string of the molecule is CC[C@H]([C@@H](C)CS(=O)(=O)c1nnnn1-c1ccccc1)[N+](=O)[O-]. The summed E-state index contributed by atoms with van der Waals surface area (Å²) < 4.78 is 26.2. The van der Waals surface area contributed by atoms with Crippen LogP contribution >= 0.6 is 0 Å². The molecule has 0 N–H and O–H groups in total. The summed E-state index contributed by atoms with van der Waals surface area (Å²) in [7, 11) is -3.86. The smallest absolute Gasteiger partial charge is 0.264 e. The number of tetrazole rings is 1. The molecule has 0 saturated carbocycles. The van der Waals surface area contributed by atoms with E-state index < -0.39 is 26.7 Å². The zero-order valence-electron chi connectivity index (χ0n) is 12.7. The number of aromatic nitrogens is 4. The van der Waals surface area contributed by atoms with Crippen molar-refractivity contribution in [1.82, 2.24) is 20.2 Å². The summed E-state index contributed by atoms with van der Waals surface area (Å²) in [5, 5.41) is 21.4. The zero-order valence-corrected chi connectivity index (χ0v) is 13.5. The number of nitro groups is 1. The lowest BCUT2D eigenvalue weighted by molar-refractivity contribution is -0.530. The highest BCUT2D eigenvalue weighted by atomic mass is 32.2. The van der Waals surface area contributed by atoms with Gasteiger partial charge in [-0.15, -0.1) is 0 Å². The van der Waals surface area contributed by atoms with Crippen molar-refractivity contribution in [2.24, 2.45) is 5.92 Å². The van der Waals surface area contributed by atoms with Crippen molar-refractivity contribution in [1.29, 1.82) is 0 Å². The van der Waals surface area contributed by atoms with Crippen LogP contribution in [0.1, 0.15) is 20.3 Å². The van der Waals surface area contributed by atoms with Crippen molar-refractivity contribution in [3.63, 3.8) is 0 Å². The molecule has 0 amide bonds. The molecule has 1 heterocycles. The van der Waals surface area contributed by atoms with Crippen molar-refractivity contribution in [3.8, 4) is 5.69 Å². The van der Waals surface area contributed by atoms with Crippen LogP contribution in [-0.2, 0) is 9.84 Å². The third kappa shape index (κ3) is 3.70. The van der Waals surface area contributed by atoms with Crippen LogP contribution in [-0.4, -0.2) is 45.3 Å². The molecular formula is C13H17N5O4S. The minimum atomic E-state index is -3.86. The van der Waals surface area contributed by atoms with Gasteiger partial charge in [0.2, 0.25) is 15.9 Å². The number of benzene rings is 1. The normalized spacial score (nSPS) is 14.3. The van der Waals surface area contributed by atoms with Gasteiger partial charge >= 0.3 is 0 Å². The maximum atomic E-state index is 12.6. The van der Waals surface area contributed by atoms with Crippen LogP contribution in [0.4, 0.5) is 0 Å². The Bertz CT molecular complexity index is 775. The number of sulfone groups is 1. The van der Waals surface area contributed by atoms with E-state index in [0.717, 1.165) is 4.68 Å². The number of para-hydroxylation sites is 1. The van der Waals surface area contributed by atoms with Gasteiger partial charge in [-0.05, 0) is 22.6 Å². The maximum Gasteiger partial charge on any atom is 0.272 e. The highest BCUT2D eigenvalue weighted by molar-refractivity contribution is 7.91. The second-order valence-corrected chi connectivity index (χ2v) is 7.16. The monoisotopic (exact) mass is 339 g/mol. The van der Waals surface area contributed by atoms with Gasteiger partial charge in [0, 0.05) is 17.3 Å². The average molecular weight is 339 g/mol. The molecule has 1 aromatic carbocycles. The second kappa shape index (κ2) is 6.82. The first-order valence-electron chi connectivity index (χ1n) is 7.07. The van der Waals surface area contributed by atoms with E-state index in [1.165, 1.54) is 0 Å². The van der Waals surface area contributed by atoms with Crippen LogP contribution in [0.25, 0.3) is 5.69 Å². The molecule has 2 aromatic rings. The van der Waals surface area contributed by atoms with E-state index in [9.17, 15) is 18.5 Å². The fourth-order valence-corrected chi connectivity index (χ4v) is 4.02. The number of hydrogen-bond acceptors (Lipinski definition) is 7. The van der Waals surface area contributed by atoms with Crippen molar-refractivity contribution in [3.05, 3.63) is 40.4 Å². The molecule has 0 radical (unpaired) electrons. The highest BCUT2D eigenvalue weighted by Crippen LogP contribution is 2.19. The molecule has 0 aliphatic rings. The molecular weight excluding hydrogens is 322 g/mol. The predicted molar refractivity (Wildman–Crippen MR) is 81.4 cm³/mol. The fourth-order valence-electron chi connectivity index (χ4n) is 2.40. The molecule has 23 heavy (non-hydrogen) atoms. The topological polar surface area (TPSA) is 121 Å². The van der Waals surface area contributed by atoms with Gasteiger partial charge in [-0.3, -0.25) is 10.1 Å². The molecule has 0 aliphatic carbocycles. The van der Waals surface area contributed by atoms with Gasteiger partial charge in [0.05, 0.1) is 11.4 Å². The Morgan fingerprint density at radius 3 is 2.52 bits per heavy atom. The Balaban J connectivity index is 2.32. The van der Waals surface area contributed by atoms with Crippen LogP contribution in [0.5, 0.6) is 0 Å². The first-order valence-corrected chi connectivity index (χ1v) is 8.72. The van der Waals surface area contributed by atoms with E-state index in [0.29, 0.717) is 5.69 Å². The van der Waals surface area contributed by atoms with Crippen molar-refractivity contribution >= 4 is 9.84 Å². The first kappa shape index (κ1) is 17.0. The molecule has 0 bridgehead atoms. The van der Waals surface area contributed by atoms with Gasteiger partial charge in [0.1, 0.15) is 0 Å². The molecule has 9 nitrogen and oxygen atoms in total.